The van der Waals surface area contributed by atoms with Gasteiger partial charge in [0.05, 0.1) is 17.7 Å². The molecule has 0 bridgehead atoms. The van der Waals surface area contributed by atoms with Gasteiger partial charge in [0.25, 0.3) is 0 Å². The molecule has 6 heteroatoms. The Bertz CT molecular complexity index is 444. The van der Waals surface area contributed by atoms with Crippen molar-refractivity contribution in [2.24, 2.45) is 5.92 Å². The van der Waals surface area contributed by atoms with E-state index in [1.54, 1.807) is 7.11 Å². The molecule has 22 heavy (non-hydrogen) atoms. The minimum atomic E-state index is -1.28. The van der Waals surface area contributed by atoms with Gasteiger partial charge in [0.15, 0.2) is 11.4 Å². The van der Waals surface area contributed by atoms with Crippen molar-refractivity contribution in [3.8, 4) is 0 Å². The molecule has 1 saturated carbocycles. The molecule has 1 aliphatic carbocycles. The summed E-state index contributed by atoms with van der Waals surface area (Å²) < 4.78 is 5.74. The molecule has 0 aromatic rings. The van der Waals surface area contributed by atoms with Crippen LogP contribution in [0.3, 0.4) is 0 Å². The van der Waals surface area contributed by atoms with Gasteiger partial charge < -0.3 is 15.1 Å². The van der Waals surface area contributed by atoms with Gasteiger partial charge in [-0.25, -0.2) is 0 Å². The van der Waals surface area contributed by atoms with Crippen LogP contribution in [0.25, 0.3) is 0 Å². The molecular formula is C16H30N2O4. The molecule has 3 fully saturated rings. The molecule has 0 spiro atoms. The monoisotopic (exact) mass is 314 g/mol. The Hall–Kier alpha value is -0.240. The minimum absolute atomic E-state index is 0.0416. The molecule has 2 N–H and O–H groups in total. The van der Waals surface area contributed by atoms with Crippen molar-refractivity contribution in [1.29, 1.82) is 0 Å². The fourth-order valence-corrected chi connectivity index (χ4v) is 4.39. The van der Waals surface area contributed by atoms with Gasteiger partial charge in [-0.3, -0.25) is 4.84 Å². The van der Waals surface area contributed by atoms with Crippen LogP contribution in [-0.2, 0) is 9.57 Å². The Labute approximate surface area is 132 Å². The average Bonchev–Trinajstić information content (AvgIpc) is 2.93. The molecule has 6 nitrogen and oxygen atoms in total. The van der Waals surface area contributed by atoms with Crippen molar-refractivity contribution >= 4 is 0 Å². The number of hydrogen-bond donors (Lipinski definition) is 2. The van der Waals surface area contributed by atoms with Gasteiger partial charge in [-0.2, -0.15) is 10.1 Å². The lowest BCUT2D eigenvalue weighted by atomic mass is 9.82. The first kappa shape index (κ1) is 16.6. The SMILES string of the molecule is COC(C)(C)[C@]12CC(O)(C(C)C)ON1[C@H]1CCCCC1N2O. The van der Waals surface area contributed by atoms with Crippen LogP contribution in [0.1, 0.15) is 59.8 Å². The number of nitrogens with zero attached hydrogens (tertiary/aromatic N) is 2. The lowest BCUT2D eigenvalue weighted by Gasteiger charge is -2.46. The topological polar surface area (TPSA) is 65.4 Å². The third-order valence-corrected chi connectivity index (χ3v) is 6.19. The maximum atomic E-state index is 11.0. The minimum Gasteiger partial charge on any atom is -0.375 e. The van der Waals surface area contributed by atoms with Crippen molar-refractivity contribution in [1.82, 2.24) is 10.1 Å². The first-order valence-electron chi connectivity index (χ1n) is 8.44. The van der Waals surface area contributed by atoms with Crippen LogP contribution < -0.4 is 0 Å². The second kappa shape index (κ2) is 5.13. The molecule has 128 valence electrons. The van der Waals surface area contributed by atoms with Gasteiger partial charge in [-0.05, 0) is 26.7 Å². The number of methoxy groups -OCH3 is 1. The summed E-state index contributed by atoms with van der Waals surface area (Å²) in [6.45, 7) is 7.79. The molecule has 4 atom stereocenters. The zero-order chi connectivity index (χ0) is 16.3. The van der Waals surface area contributed by atoms with Crippen molar-refractivity contribution in [3.63, 3.8) is 0 Å². The Morgan fingerprint density at radius 1 is 1.23 bits per heavy atom. The lowest BCUT2D eigenvalue weighted by Crippen LogP contribution is -2.64. The first-order valence-corrected chi connectivity index (χ1v) is 8.44. The highest BCUT2D eigenvalue weighted by atomic mass is 16.8. The summed E-state index contributed by atoms with van der Waals surface area (Å²) in [7, 11) is 1.65. The molecule has 0 aromatic heterocycles. The van der Waals surface area contributed by atoms with E-state index in [1.807, 2.05) is 32.8 Å². The molecule has 2 unspecified atom stereocenters. The van der Waals surface area contributed by atoms with Gasteiger partial charge in [0.2, 0.25) is 0 Å². The van der Waals surface area contributed by atoms with Crippen LogP contribution in [0.5, 0.6) is 0 Å². The smallest absolute Gasteiger partial charge is 0.191 e. The summed E-state index contributed by atoms with van der Waals surface area (Å²) in [4.78, 5) is 6.07. The van der Waals surface area contributed by atoms with Gasteiger partial charge in [0.1, 0.15) is 0 Å². The van der Waals surface area contributed by atoms with E-state index in [4.69, 9.17) is 9.57 Å². The fourth-order valence-electron chi connectivity index (χ4n) is 4.39. The quantitative estimate of drug-likeness (QED) is 0.832. The third-order valence-electron chi connectivity index (χ3n) is 6.19. The Balaban J connectivity index is 2.07. The molecular weight excluding hydrogens is 284 g/mol. The predicted octanol–water partition coefficient (Wildman–Crippen LogP) is 2.11. The molecule has 0 amide bonds. The fraction of sp³-hybridized carbons (Fsp3) is 1.00. The molecule has 2 saturated heterocycles. The number of aliphatic hydroxyl groups is 1. The number of rotatable bonds is 3. The van der Waals surface area contributed by atoms with Crippen LogP contribution in [0.15, 0.2) is 0 Å². The number of hydrogen-bond acceptors (Lipinski definition) is 6. The Kier molecular flexibility index (Phi) is 3.87. The first-order chi connectivity index (χ1) is 10.2. The van der Waals surface area contributed by atoms with E-state index in [0.717, 1.165) is 25.7 Å². The van der Waals surface area contributed by atoms with E-state index in [2.05, 4.69) is 0 Å². The Morgan fingerprint density at radius 3 is 2.36 bits per heavy atom. The van der Waals surface area contributed by atoms with Crippen molar-refractivity contribution < 1.29 is 19.9 Å². The summed E-state index contributed by atoms with van der Waals surface area (Å²) in [6.07, 6.45) is 4.46. The van der Waals surface area contributed by atoms with E-state index >= 15 is 0 Å². The van der Waals surface area contributed by atoms with Crippen molar-refractivity contribution in [3.05, 3.63) is 0 Å². The van der Waals surface area contributed by atoms with E-state index in [9.17, 15) is 10.3 Å². The van der Waals surface area contributed by atoms with Crippen molar-refractivity contribution in [2.45, 2.75) is 88.9 Å². The maximum Gasteiger partial charge on any atom is 0.191 e. The highest BCUT2D eigenvalue weighted by Crippen LogP contribution is 2.56. The molecule has 2 aliphatic heterocycles. The summed E-state index contributed by atoms with van der Waals surface area (Å²) >= 11 is 0. The molecule has 0 radical (unpaired) electrons. The summed E-state index contributed by atoms with van der Waals surface area (Å²) in [5.74, 6) is -1.35. The maximum absolute atomic E-state index is 11.0. The second-order valence-corrected chi connectivity index (χ2v) is 7.89. The number of fused-ring (bicyclic) bond motifs is 3. The van der Waals surface area contributed by atoms with Gasteiger partial charge in [-0.15, -0.1) is 0 Å². The zero-order valence-electron chi connectivity index (χ0n) is 14.4. The molecule has 3 rings (SSSR count). The second-order valence-electron chi connectivity index (χ2n) is 7.89. The number of hydroxylamine groups is 4. The van der Waals surface area contributed by atoms with E-state index in [-0.39, 0.29) is 18.0 Å². The van der Waals surface area contributed by atoms with E-state index < -0.39 is 17.1 Å². The van der Waals surface area contributed by atoms with Crippen LogP contribution in [0.2, 0.25) is 0 Å². The lowest BCUT2D eigenvalue weighted by molar-refractivity contribution is -0.338. The van der Waals surface area contributed by atoms with Crippen molar-refractivity contribution in [2.75, 3.05) is 7.11 Å². The zero-order valence-corrected chi connectivity index (χ0v) is 14.4. The molecule has 3 aliphatic rings. The van der Waals surface area contributed by atoms with Crippen LogP contribution in [0, 0.1) is 5.92 Å². The molecule has 0 aromatic carbocycles. The van der Waals surface area contributed by atoms with Crippen LogP contribution in [0.4, 0.5) is 0 Å². The van der Waals surface area contributed by atoms with E-state index in [1.165, 1.54) is 5.06 Å². The standard InChI is InChI=1S/C16H30N2O4/c1-11(2)15(19)10-16(14(3,4)21-5)17(20)12-8-6-7-9-13(12)18(16)22-15/h11-13,19-20H,6-10H2,1-5H3/t12?,13-,15?,16-/m0/s1. The third kappa shape index (κ3) is 1.95. The highest BCUT2D eigenvalue weighted by molar-refractivity contribution is 5.14. The normalized spacial score (nSPS) is 43.6. The average molecular weight is 314 g/mol. The summed E-state index contributed by atoms with van der Waals surface area (Å²) in [5.41, 5.74) is -1.54. The summed E-state index contributed by atoms with van der Waals surface area (Å²) in [6, 6.07) is 0.140. The van der Waals surface area contributed by atoms with Gasteiger partial charge >= 0.3 is 0 Å². The van der Waals surface area contributed by atoms with Gasteiger partial charge in [-0.1, -0.05) is 26.7 Å². The van der Waals surface area contributed by atoms with Crippen LogP contribution >= 0.6 is 0 Å². The highest BCUT2D eigenvalue weighted by Gasteiger charge is 2.73. The van der Waals surface area contributed by atoms with E-state index in [0.29, 0.717) is 6.42 Å². The number of ether oxygens (including phenoxy) is 1. The van der Waals surface area contributed by atoms with Crippen LogP contribution in [-0.4, -0.2) is 56.7 Å². The summed E-state index contributed by atoms with van der Waals surface area (Å²) in [5, 5.41) is 25.3. The predicted molar refractivity (Wildman–Crippen MR) is 80.8 cm³/mol. The Morgan fingerprint density at radius 2 is 1.82 bits per heavy atom. The van der Waals surface area contributed by atoms with Gasteiger partial charge in [0, 0.05) is 19.4 Å². The largest absolute Gasteiger partial charge is 0.375 e. The molecule has 2 heterocycles.